The van der Waals surface area contributed by atoms with Crippen molar-refractivity contribution in [3.05, 3.63) is 57.3 Å². The topological polar surface area (TPSA) is 20.2 Å². The van der Waals surface area contributed by atoms with Gasteiger partial charge in [0.1, 0.15) is 6.10 Å². The third kappa shape index (κ3) is 2.56. The first-order valence-corrected chi connectivity index (χ1v) is 8.56. The summed E-state index contributed by atoms with van der Waals surface area (Å²) in [6, 6.07) is 10.6. The molecule has 0 saturated carbocycles. The Morgan fingerprint density at radius 1 is 1.00 bits per heavy atom. The molecule has 0 amide bonds. The highest BCUT2D eigenvalue weighted by Crippen LogP contribution is 2.46. The highest BCUT2D eigenvalue weighted by molar-refractivity contribution is 7.10. The number of rotatable bonds is 2. The van der Waals surface area contributed by atoms with Gasteiger partial charge in [0, 0.05) is 4.88 Å². The molecule has 0 saturated heterocycles. The fourth-order valence-electron chi connectivity index (χ4n) is 3.39. The molecule has 2 heteroatoms. The lowest BCUT2D eigenvalue weighted by Gasteiger charge is -2.42. The number of fused-ring (bicyclic) bond motifs is 1. The van der Waals surface area contributed by atoms with Gasteiger partial charge in [-0.15, -0.1) is 11.3 Å². The minimum Gasteiger partial charge on any atom is -0.383 e. The number of aliphatic hydroxyl groups is 1. The lowest BCUT2D eigenvalue weighted by Crippen LogP contribution is -2.34. The fraction of sp³-hybridized carbons (Fsp3) is 0.474. The van der Waals surface area contributed by atoms with E-state index in [1.54, 1.807) is 11.3 Å². The lowest BCUT2D eigenvalue weighted by molar-refractivity contribution is 0.223. The van der Waals surface area contributed by atoms with Crippen LogP contribution in [0.2, 0.25) is 0 Å². The van der Waals surface area contributed by atoms with Crippen LogP contribution in [0.25, 0.3) is 0 Å². The normalized spacial score (nSPS) is 20.8. The zero-order valence-electron chi connectivity index (χ0n) is 13.3. The second-order valence-corrected chi connectivity index (χ2v) is 8.47. The highest BCUT2D eigenvalue weighted by Gasteiger charge is 2.37. The van der Waals surface area contributed by atoms with Crippen molar-refractivity contribution in [1.29, 1.82) is 0 Å². The van der Waals surface area contributed by atoms with E-state index in [1.807, 2.05) is 17.5 Å². The molecule has 2 aromatic rings. The standard InChI is InChI=1S/C19H24OS/c1-18(2)9-10-19(3,4)15-12-13(7-8-14(15)18)17(20)16-6-5-11-21-16/h5-8,11-12,17,20H,9-10H2,1-4H3. The molecule has 1 unspecified atom stereocenters. The molecule has 1 N–H and O–H groups in total. The Balaban J connectivity index is 2.08. The van der Waals surface area contributed by atoms with Gasteiger partial charge < -0.3 is 5.11 Å². The molecule has 1 nitrogen and oxygen atoms in total. The van der Waals surface area contributed by atoms with Crippen molar-refractivity contribution in [2.24, 2.45) is 0 Å². The lowest BCUT2D eigenvalue weighted by atomic mass is 9.63. The predicted octanol–water partition coefficient (Wildman–Crippen LogP) is 5.18. The Hall–Kier alpha value is -1.12. The Kier molecular flexibility index (Phi) is 3.50. The quantitative estimate of drug-likeness (QED) is 0.810. The second kappa shape index (κ2) is 4.96. The zero-order chi connectivity index (χ0) is 15.3. The average molecular weight is 300 g/mol. The third-order valence-electron chi connectivity index (χ3n) is 5.01. The molecule has 1 heterocycles. The average Bonchev–Trinajstić information content (AvgIpc) is 2.97. The highest BCUT2D eigenvalue weighted by atomic mass is 32.1. The van der Waals surface area contributed by atoms with Crippen LogP contribution in [0.15, 0.2) is 35.7 Å². The molecule has 1 aliphatic rings. The minimum atomic E-state index is -0.504. The largest absolute Gasteiger partial charge is 0.383 e. The van der Waals surface area contributed by atoms with Crippen LogP contribution in [0.1, 0.15) is 68.2 Å². The van der Waals surface area contributed by atoms with Crippen molar-refractivity contribution in [2.45, 2.75) is 57.5 Å². The monoisotopic (exact) mass is 300 g/mol. The van der Waals surface area contributed by atoms with Crippen molar-refractivity contribution in [1.82, 2.24) is 0 Å². The molecule has 0 fully saturated rings. The Morgan fingerprint density at radius 3 is 2.29 bits per heavy atom. The van der Waals surface area contributed by atoms with E-state index in [2.05, 4.69) is 45.9 Å². The molecule has 1 aliphatic carbocycles. The molecule has 0 radical (unpaired) electrons. The SMILES string of the molecule is CC1(C)CCC(C)(C)c2cc(C(O)c3cccs3)ccc21. The molecule has 1 aromatic carbocycles. The predicted molar refractivity (Wildman–Crippen MR) is 90.1 cm³/mol. The minimum absolute atomic E-state index is 0.191. The molecule has 0 bridgehead atoms. The van der Waals surface area contributed by atoms with Crippen LogP contribution in [0.5, 0.6) is 0 Å². The van der Waals surface area contributed by atoms with E-state index in [9.17, 15) is 5.11 Å². The Morgan fingerprint density at radius 2 is 1.67 bits per heavy atom. The zero-order valence-corrected chi connectivity index (χ0v) is 14.1. The summed E-state index contributed by atoms with van der Waals surface area (Å²) in [6.07, 6.45) is 1.92. The maximum atomic E-state index is 10.6. The molecule has 0 aliphatic heterocycles. The van der Waals surface area contributed by atoms with Gasteiger partial charge >= 0.3 is 0 Å². The molecule has 3 rings (SSSR count). The summed E-state index contributed by atoms with van der Waals surface area (Å²) >= 11 is 1.61. The van der Waals surface area contributed by atoms with Gasteiger partial charge in [-0.3, -0.25) is 0 Å². The van der Waals surface area contributed by atoms with E-state index in [1.165, 1.54) is 24.0 Å². The van der Waals surface area contributed by atoms with Crippen LogP contribution < -0.4 is 0 Å². The number of thiophene rings is 1. The van der Waals surface area contributed by atoms with Crippen LogP contribution >= 0.6 is 11.3 Å². The number of hydrogen-bond donors (Lipinski definition) is 1. The second-order valence-electron chi connectivity index (χ2n) is 7.49. The van der Waals surface area contributed by atoms with E-state index in [-0.39, 0.29) is 10.8 Å². The first-order chi connectivity index (χ1) is 9.81. The number of benzene rings is 1. The van der Waals surface area contributed by atoms with Gasteiger partial charge in [0.25, 0.3) is 0 Å². The van der Waals surface area contributed by atoms with Crippen LogP contribution in [0, 0.1) is 0 Å². The van der Waals surface area contributed by atoms with Gasteiger partial charge in [-0.25, -0.2) is 0 Å². The van der Waals surface area contributed by atoms with Gasteiger partial charge in [0.15, 0.2) is 0 Å². The van der Waals surface area contributed by atoms with Gasteiger partial charge in [0.05, 0.1) is 0 Å². The van der Waals surface area contributed by atoms with Crippen molar-refractivity contribution in [3.63, 3.8) is 0 Å². The fourth-order valence-corrected chi connectivity index (χ4v) is 4.12. The molecular weight excluding hydrogens is 276 g/mol. The summed E-state index contributed by atoms with van der Waals surface area (Å²) in [5, 5.41) is 12.6. The van der Waals surface area contributed by atoms with Crippen molar-refractivity contribution < 1.29 is 5.11 Å². The summed E-state index contributed by atoms with van der Waals surface area (Å²) in [5.41, 5.74) is 4.29. The van der Waals surface area contributed by atoms with Crippen LogP contribution in [-0.2, 0) is 10.8 Å². The first-order valence-electron chi connectivity index (χ1n) is 7.68. The molecular formula is C19H24OS. The Labute approximate surface area is 131 Å². The summed E-state index contributed by atoms with van der Waals surface area (Å²) < 4.78 is 0. The van der Waals surface area contributed by atoms with Gasteiger partial charge in [-0.05, 0) is 51.8 Å². The summed E-state index contributed by atoms with van der Waals surface area (Å²) in [5.74, 6) is 0. The van der Waals surface area contributed by atoms with Crippen molar-refractivity contribution >= 4 is 11.3 Å². The number of hydrogen-bond acceptors (Lipinski definition) is 2. The van der Waals surface area contributed by atoms with Crippen LogP contribution in [0.4, 0.5) is 0 Å². The Bertz CT molecular complexity index is 638. The van der Waals surface area contributed by atoms with E-state index in [0.29, 0.717) is 0 Å². The van der Waals surface area contributed by atoms with Crippen molar-refractivity contribution in [3.8, 4) is 0 Å². The summed E-state index contributed by atoms with van der Waals surface area (Å²) in [6.45, 7) is 9.30. The molecule has 21 heavy (non-hydrogen) atoms. The van der Waals surface area contributed by atoms with Crippen LogP contribution in [0.3, 0.4) is 0 Å². The van der Waals surface area contributed by atoms with E-state index >= 15 is 0 Å². The smallest absolute Gasteiger partial charge is 0.113 e. The molecule has 0 spiro atoms. The van der Waals surface area contributed by atoms with Crippen LogP contribution in [-0.4, -0.2) is 5.11 Å². The maximum Gasteiger partial charge on any atom is 0.113 e. The molecule has 112 valence electrons. The first kappa shape index (κ1) is 14.8. The van der Waals surface area contributed by atoms with Gasteiger partial charge in [0.2, 0.25) is 0 Å². The van der Waals surface area contributed by atoms with Crippen molar-refractivity contribution in [2.75, 3.05) is 0 Å². The maximum absolute atomic E-state index is 10.6. The molecule has 1 aromatic heterocycles. The molecule has 1 atom stereocenters. The van der Waals surface area contributed by atoms with Gasteiger partial charge in [-0.2, -0.15) is 0 Å². The summed E-state index contributed by atoms with van der Waals surface area (Å²) in [4.78, 5) is 1.02. The van der Waals surface area contributed by atoms with E-state index < -0.39 is 6.10 Å². The van der Waals surface area contributed by atoms with Gasteiger partial charge in [-0.1, -0.05) is 52.0 Å². The van der Waals surface area contributed by atoms with E-state index in [0.717, 1.165) is 10.4 Å². The third-order valence-corrected chi connectivity index (χ3v) is 5.93. The van der Waals surface area contributed by atoms with E-state index in [4.69, 9.17) is 0 Å². The number of aliphatic hydroxyl groups excluding tert-OH is 1. The summed E-state index contributed by atoms with van der Waals surface area (Å²) in [7, 11) is 0.